The second kappa shape index (κ2) is 8.50. The van der Waals surface area contributed by atoms with E-state index in [1.165, 1.54) is 17.3 Å². The van der Waals surface area contributed by atoms with Crippen LogP contribution in [0.1, 0.15) is 15.9 Å². The summed E-state index contributed by atoms with van der Waals surface area (Å²) >= 11 is 1.25. The number of thioether (sulfide) groups is 1. The van der Waals surface area contributed by atoms with Gasteiger partial charge >= 0.3 is 0 Å². The van der Waals surface area contributed by atoms with Crippen LogP contribution in [0.3, 0.4) is 0 Å². The predicted molar refractivity (Wildman–Crippen MR) is 104 cm³/mol. The summed E-state index contributed by atoms with van der Waals surface area (Å²) in [7, 11) is 1.85. The highest BCUT2D eigenvalue weighted by Gasteiger charge is 2.13. The molecule has 0 unspecified atom stereocenters. The van der Waals surface area contributed by atoms with E-state index in [0.717, 1.165) is 11.4 Å². The Balaban J connectivity index is 1.53. The van der Waals surface area contributed by atoms with Crippen molar-refractivity contribution in [3.8, 4) is 11.4 Å². The highest BCUT2D eigenvalue weighted by Crippen LogP contribution is 2.22. The zero-order chi connectivity index (χ0) is 19.2. The Morgan fingerprint density at radius 1 is 1.00 bits per heavy atom. The first-order chi connectivity index (χ1) is 13.0. The van der Waals surface area contributed by atoms with Crippen molar-refractivity contribution < 1.29 is 9.59 Å². The topological polar surface area (TPSA) is 88.9 Å². The number of hydrogen-bond donors (Lipinski definition) is 2. The molecule has 0 spiro atoms. The molecule has 0 aliphatic rings. The average molecular weight is 381 g/mol. The molecule has 0 aliphatic heterocycles. The van der Waals surface area contributed by atoms with Gasteiger partial charge in [0.05, 0.1) is 5.75 Å². The lowest BCUT2D eigenvalue weighted by Gasteiger charge is -2.07. The molecule has 27 heavy (non-hydrogen) atoms. The summed E-state index contributed by atoms with van der Waals surface area (Å²) in [5.74, 6) is 0.142. The molecule has 0 saturated carbocycles. The SMILES string of the molecule is Cc1ccc(-c2nnc(SCC(=O)NNC(=O)c3ccccc3)n2C)cc1. The van der Waals surface area contributed by atoms with Crippen molar-refractivity contribution >= 4 is 23.6 Å². The number of amides is 2. The van der Waals surface area contributed by atoms with E-state index in [0.29, 0.717) is 10.7 Å². The van der Waals surface area contributed by atoms with Gasteiger partial charge in [-0.3, -0.25) is 20.4 Å². The van der Waals surface area contributed by atoms with Crippen molar-refractivity contribution in [3.63, 3.8) is 0 Å². The van der Waals surface area contributed by atoms with Crippen molar-refractivity contribution in [3.05, 3.63) is 65.7 Å². The standard InChI is InChI=1S/C19H19N5O2S/c1-13-8-10-14(11-9-13)17-21-23-19(24(17)2)27-12-16(25)20-22-18(26)15-6-4-3-5-7-15/h3-11H,12H2,1-2H3,(H,20,25)(H,22,26). The smallest absolute Gasteiger partial charge is 0.269 e. The fourth-order valence-electron chi connectivity index (χ4n) is 2.35. The number of carbonyl (C=O) groups is 2. The van der Waals surface area contributed by atoms with Crippen molar-refractivity contribution in [1.29, 1.82) is 0 Å². The van der Waals surface area contributed by atoms with Gasteiger partial charge in [0.1, 0.15) is 0 Å². The fraction of sp³-hybridized carbons (Fsp3) is 0.158. The lowest BCUT2D eigenvalue weighted by atomic mass is 10.1. The monoisotopic (exact) mass is 381 g/mol. The highest BCUT2D eigenvalue weighted by atomic mass is 32.2. The largest absolute Gasteiger partial charge is 0.305 e. The summed E-state index contributed by atoms with van der Waals surface area (Å²) in [6.07, 6.45) is 0. The molecule has 0 saturated heterocycles. The second-order valence-corrected chi connectivity index (χ2v) is 6.83. The molecule has 0 bridgehead atoms. The third kappa shape index (κ3) is 4.73. The van der Waals surface area contributed by atoms with Crippen LogP contribution >= 0.6 is 11.8 Å². The first-order valence-electron chi connectivity index (χ1n) is 8.28. The van der Waals surface area contributed by atoms with Crippen LogP contribution in [-0.2, 0) is 11.8 Å². The molecule has 0 fully saturated rings. The van der Waals surface area contributed by atoms with Gasteiger partial charge in [-0.15, -0.1) is 10.2 Å². The molecule has 1 heterocycles. The molecule has 138 valence electrons. The summed E-state index contributed by atoms with van der Waals surface area (Å²) in [5.41, 5.74) is 7.39. The number of carbonyl (C=O) groups excluding carboxylic acids is 2. The van der Waals surface area contributed by atoms with Crippen LogP contribution in [-0.4, -0.2) is 32.3 Å². The van der Waals surface area contributed by atoms with Gasteiger partial charge in [-0.25, -0.2) is 0 Å². The van der Waals surface area contributed by atoms with Crippen LogP contribution in [0, 0.1) is 6.92 Å². The van der Waals surface area contributed by atoms with E-state index >= 15 is 0 Å². The first kappa shape index (κ1) is 18.7. The quantitative estimate of drug-likeness (QED) is 0.523. The van der Waals surface area contributed by atoms with E-state index in [4.69, 9.17) is 0 Å². The van der Waals surface area contributed by atoms with E-state index in [1.807, 2.05) is 48.9 Å². The van der Waals surface area contributed by atoms with Crippen LogP contribution in [0.4, 0.5) is 0 Å². The Morgan fingerprint density at radius 3 is 2.41 bits per heavy atom. The number of benzene rings is 2. The third-order valence-corrected chi connectivity index (χ3v) is 4.85. The lowest BCUT2D eigenvalue weighted by molar-refractivity contribution is -0.119. The summed E-state index contributed by atoms with van der Waals surface area (Å²) < 4.78 is 1.84. The van der Waals surface area contributed by atoms with Gasteiger partial charge in [-0.2, -0.15) is 0 Å². The van der Waals surface area contributed by atoms with Crippen molar-refractivity contribution in [1.82, 2.24) is 25.6 Å². The van der Waals surface area contributed by atoms with Gasteiger partial charge in [0, 0.05) is 18.2 Å². The minimum absolute atomic E-state index is 0.106. The highest BCUT2D eigenvalue weighted by molar-refractivity contribution is 7.99. The maximum atomic E-state index is 12.0. The van der Waals surface area contributed by atoms with Crippen LogP contribution in [0.15, 0.2) is 59.8 Å². The van der Waals surface area contributed by atoms with Crippen LogP contribution in [0.2, 0.25) is 0 Å². The van der Waals surface area contributed by atoms with E-state index in [2.05, 4.69) is 21.0 Å². The Hall–Kier alpha value is -3.13. The lowest BCUT2D eigenvalue weighted by Crippen LogP contribution is -2.42. The minimum atomic E-state index is -0.366. The maximum absolute atomic E-state index is 12.0. The van der Waals surface area contributed by atoms with Crippen LogP contribution in [0.25, 0.3) is 11.4 Å². The molecule has 0 radical (unpaired) electrons. The molecule has 3 rings (SSSR count). The second-order valence-electron chi connectivity index (χ2n) is 5.89. The summed E-state index contributed by atoms with van der Waals surface area (Å²) in [6, 6.07) is 16.7. The Morgan fingerprint density at radius 2 is 1.70 bits per heavy atom. The molecule has 2 N–H and O–H groups in total. The number of hydrazine groups is 1. The normalized spacial score (nSPS) is 10.4. The van der Waals surface area contributed by atoms with Gasteiger partial charge in [-0.05, 0) is 19.1 Å². The van der Waals surface area contributed by atoms with Crippen molar-refractivity contribution in [2.24, 2.45) is 7.05 Å². The van der Waals surface area contributed by atoms with Crippen molar-refractivity contribution in [2.45, 2.75) is 12.1 Å². The average Bonchev–Trinajstić information content (AvgIpc) is 3.06. The van der Waals surface area contributed by atoms with Gasteiger partial charge < -0.3 is 4.57 Å². The number of aromatic nitrogens is 3. The van der Waals surface area contributed by atoms with E-state index in [1.54, 1.807) is 24.3 Å². The van der Waals surface area contributed by atoms with Gasteiger partial charge in [0.2, 0.25) is 5.91 Å². The molecular weight excluding hydrogens is 362 g/mol. The van der Waals surface area contributed by atoms with Gasteiger partial charge in [0.15, 0.2) is 11.0 Å². The molecule has 2 amide bonds. The number of rotatable bonds is 5. The number of nitrogens with zero attached hydrogens (tertiary/aromatic N) is 3. The van der Waals surface area contributed by atoms with Gasteiger partial charge in [-0.1, -0.05) is 59.8 Å². The minimum Gasteiger partial charge on any atom is -0.305 e. The number of aryl methyl sites for hydroxylation is 1. The summed E-state index contributed by atoms with van der Waals surface area (Å²) in [6.45, 7) is 2.02. The number of nitrogens with one attached hydrogen (secondary N) is 2. The molecule has 0 atom stereocenters. The van der Waals surface area contributed by atoms with E-state index < -0.39 is 0 Å². The molecule has 3 aromatic rings. The molecule has 7 nitrogen and oxygen atoms in total. The first-order valence-corrected chi connectivity index (χ1v) is 9.26. The van der Waals surface area contributed by atoms with Gasteiger partial charge in [0.25, 0.3) is 5.91 Å². The molecule has 8 heteroatoms. The predicted octanol–water partition coefficient (Wildman–Crippen LogP) is 2.34. The zero-order valence-electron chi connectivity index (χ0n) is 15.0. The van der Waals surface area contributed by atoms with Crippen LogP contribution in [0.5, 0.6) is 0 Å². The number of hydrogen-bond acceptors (Lipinski definition) is 5. The molecule has 2 aromatic carbocycles. The zero-order valence-corrected chi connectivity index (χ0v) is 15.8. The Kier molecular flexibility index (Phi) is 5.87. The Bertz CT molecular complexity index is 938. The molecule has 1 aromatic heterocycles. The van der Waals surface area contributed by atoms with Crippen LogP contribution < -0.4 is 10.9 Å². The fourth-order valence-corrected chi connectivity index (χ4v) is 3.06. The molecule has 0 aliphatic carbocycles. The maximum Gasteiger partial charge on any atom is 0.269 e. The summed E-state index contributed by atoms with van der Waals surface area (Å²) in [5, 5.41) is 8.96. The van der Waals surface area contributed by atoms with Crippen molar-refractivity contribution in [2.75, 3.05) is 5.75 Å². The third-order valence-electron chi connectivity index (χ3n) is 3.83. The summed E-state index contributed by atoms with van der Waals surface area (Å²) in [4.78, 5) is 23.9. The van der Waals surface area contributed by atoms with E-state index in [9.17, 15) is 9.59 Å². The Labute approximate surface area is 161 Å². The van der Waals surface area contributed by atoms with E-state index in [-0.39, 0.29) is 17.6 Å². The molecular formula is C19H19N5O2S.